The zero-order valence-corrected chi connectivity index (χ0v) is 12.8. The molecule has 0 saturated heterocycles. The number of hydrogen-bond donors (Lipinski definition) is 3. The Bertz CT molecular complexity index is 586. The summed E-state index contributed by atoms with van der Waals surface area (Å²) in [6.45, 7) is 4.54. The van der Waals surface area contributed by atoms with Crippen molar-refractivity contribution in [1.29, 1.82) is 0 Å². The molecule has 0 bridgehead atoms. The second-order valence-corrected chi connectivity index (χ2v) is 7.51. The van der Waals surface area contributed by atoms with Crippen LogP contribution in [-0.2, 0) is 10.0 Å². The number of benzene rings is 1. The van der Waals surface area contributed by atoms with Crippen molar-refractivity contribution in [3.05, 3.63) is 18.2 Å². The van der Waals surface area contributed by atoms with Gasteiger partial charge in [0.05, 0.1) is 4.90 Å². The quantitative estimate of drug-likeness (QED) is 0.744. The summed E-state index contributed by atoms with van der Waals surface area (Å²) in [6.07, 6.45) is 3.36. The molecule has 1 fully saturated rings. The standard InChI is InChI=1S/C14H23N3O2S/c1-9-3-4-12(5-10(9)2)17-13-6-11(15)7-14(8-13)20(16,18)19/h6-10,12,17H,3-5,15H2,1-2H3,(H2,16,18,19). The molecule has 1 aliphatic carbocycles. The van der Waals surface area contributed by atoms with E-state index in [1.807, 2.05) is 0 Å². The number of rotatable bonds is 3. The maximum absolute atomic E-state index is 11.4. The molecule has 0 radical (unpaired) electrons. The fourth-order valence-corrected chi connectivity index (χ4v) is 3.38. The van der Waals surface area contributed by atoms with E-state index in [0.717, 1.165) is 24.4 Å². The van der Waals surface area contributed by atoms with Crippen LogP contribution in [-0.4, -0.2) is 14.5 Å². The molecule has 0 heterocycles. The SMILES string of the molecule is CC1CCC(Nc2cc(N)cc(S(N)(=O)=O)c2)CC1C. The first kappa shape index (κ1) is 15.1. The minimum Gasteiger partial charge on any atom is -0.399 e. The number of primary sulfonamides is 1. The first-order valence-corrected chi connectivity index (χ1v) is 8.50. The van der Waals surface area contributed by atoms with Crippen LogP contribution in [0.4, 0.5) is 11.4 Å². The van der Waals surface area contributed by atoms with Gasteiger partial charge >= 0.3 is 0 Å². The summed E-state index contributed by atoms with van der Waals surface area (Å²) in [7, 11) is -3.73. The Hall–Kier alpha value is -1.27. The Morgan fingerprint density at radius 3 is 2.45 bits per heavy atom. The lowest BCUT2D eigenvalue weighted by atomic mass is 9.79. The third-order valence-corrected chi connectivity index (χ3v) is 5.12. The first-order valence-electron chi connectivity index (χ1n) is 6.95. The lowest BCUT2D eigenvalue weighted by Gasteiger charge is -2.33. The maximum atomic E-state index is 11.4. The summed E-state index contributed by atoms with van der Waals surface area (Å²) in [6, 6.07) is 5.04. The smallest absolute Gasteiger partial charge is 0.238 e. The van der Waals surface area contributed by atoms with Crippen molar-refractivity contribution in [2.24, 2.45) is 17.0 Å². The fourth-order valence-electron chi connectivity index (χ4n) is 2.78. The van der Waals surface area contributed by atoms with Gasteiger partial charge in [0.15, 0.2) is 0 Å². The number of sulfonamides is 1. The zero-order chi connectivity index (χ0) is 14.9. The van der Waals surface area contributed by atoms with Crippen molar-refractivity contribution in [3.63, 3.8) is 0 Å². The van der Waals surface area contributed by atoms with Gasteiger partial charge in [0.2, 0.25) is 10.0 Å². The number of nitrogens with two attached hydrogens (primary N) is 2. The highest BCUT2D eigenvalue weighted by atomic mass is 32.2. The molecule has 6 heteroatoms. The summed E-state index contributed by atoms with van der Waals surface area (Å²) < 4.78 is 22.8. The van der Waals surface area contributed by atoms with E-state index < -0.39 is 10.0 Å². The molecule has 0 amide bonds. The van der Waals surface area contributed by atoms with Gasteiger partial charge in [-0.2, -0.15) is 0 Å². The van der Waals surface area contributed by atoms with Gasteiger partial charge in [-0.1, -0.05) is 13.8 Å². The van der Waals surface area contributed by atoms with Gasteiger partial charge in [0.25, 0.3) is 0 Å². The Morgan fingerprint density at radius 2 is 1.85 bits per heavy atom. The van der Waals surface area contributed by atoms with Gasteiger partial charge in [0.1, 0.15) is 0 Å². The predicted octanol–water partition coefficient (Wildman–Crippen LogP) is 2.15. The molecule has 1 aliphatic rings. The van der Waals surface area contributed by atoms with Gasteiger partial charge in [-0.15, -0.1) is 0 Å². The molecule has 20 heavy (non-hydrogen) atoms. The minimum atomic E-state index is -3.73. The monoisotopic (exact) mass is 297 g/mol. The number of nitrogens with one attached hydrogen (secondary N) is 1. The topological polar surface area (TPSA) is 98.2 Å². The van der Waals surface area contributed by atoms with E-state index in [0.29, 0.717) is 17.6 Å². The number of anilines is 2. The average Bonchev–Trinajstić information content (AvgIpc) is 2.32. The van der Waals surface area contributed by atoms with Crippen LogP contribution in [0.3, 0.4) is 0 Å². The first-order chi connectivity index (χ1) is 9.25. The normalized spacial score (nSPS) is 27.2. The van der Waals surface area contributed by atoms with Gasteiger partial charge in [-0.25, -0.2) is 13.6 Å². The van der Waals surface area contributed by atoms with Gasteiger partial charge in [-0.3, -0.25) is 0 Å². The lowest BCUT2D eigenvalue weighted by Crippen LogP contribution is -2.30. The molecule has 5 nitrogen and oxygen atoms in total. The largest absolute Gasteiger partial charge is 0.399 e. The average molecular weight is 297 g/mol. The number of hydrogen-bond acceptors (Lipinski definition) is 4. The second kappa shape index (κ2) is 5.61. The zero-order valence-electron chi connectivity index (χ0n) is 12.0. The van der Waals surface area contributed by atoms with E-state index >= 15 is 0 Å². The van der Waals surface area contributed by atoms with E-state index in [4.69, 9.17) is 10.9 Å². The molecular weight excluding hydrogens is 274 g/mol. The van der Waals surface area contributed by atoms with Gasteiger partial charge in [-0.05, 0) is 49.3 Å². The van der Waals surface area contributed by atoms with Crippen LogP contribution in [0, 0.1) is 11.8 Å². The Labute approximate surface area is 120 Å². The summed E-state index contributed by atoms with van der Waals surface area (Å²) in [5.41, 5.74) is 6.87. The molecule has 0 aliphatic heterocycles. The second-order valence-electron chi connectivity index (χ2n) is 5.94. The van der Waals surface area contributed by atoms with E-state index in [-0.39, 0.29) is 4.90 Å². The Balaban J connectivity index is 2.16. The van der Waals surface area contributed by atoms with Crippen LogP contribution in [0.15, 0.2) is 23.1 Å². The van der Waals surface area contributed by atoms with E-state index in [1.165, 1.54) is 12.5 Å². The maximum Gasteiger partial charge on any atom is 0.238 e. The van der Waals surface area contributed by atoms with Gasteiger partial charge in [0, 0.05) is 17.4 Å². The van der Waals surface area contributed by atoms with E-state index in [2.05, 4.69) is 19.2 Å². The van der Waals surface area contributed by atoms with Crippen LogP contribution in [0.1, 0.15) is 33.1 Å². The summed E-state index contributed by atoms with van der Waals surface area (Å²) in [5.74, 6) is 1.41. The van der Waals surface area contributed by atoms with Crippen LogP contribution < -0.4 is 16.2 Å². The highest BCUT2D eigenvalue weighted by Crippen LogP contribution is 2.31. The minimum absolute atomic E-state index is 0.0530. The van der Waals surface area contributed by atoms with E-state index in [9.17, 15) is 8.42 Å². The molecule has 3 unspecified atom stereocenters. The number of nitrogen functional groups attached to an aromatic ring is 1. The lowest BCUT2D eigenvalue weighted by molar-refractivity contribution is 0.261. The van der Waals surface area contributed by atoms with Crippen molar-refractivity contribution in [1.82, 2.24) is 0 Å². The predicted molar refractivity (Wildman–Crippen MR) is 81.8 cm³/mol. The molecule has 1 aromatic carbocycles. The van der Waals surface area contributed by atoms with Gasteiger partial charge < -0.3 is 11.1 Å². The molecule has 1 saturated carbocycles. The highest BCUT2D eigenvalue weighted by Gasteiger charge is 2.24. The molecule has 5 N–H and O–H groups in total. The molecular formula is C14H23N3O2S. The third kappa shape index (κ3) is 3.64. The molecule has 3 atom stereocenters. The molecule has 0 spiro atoms. The Morgan fingerprint density at radius 1 is 1.15 bits per heavy atom. The van der Waals surface area contributed by atoms with Crippen molar-refractivity contribution < 1.29 is 8.42 Å². The van der Waals surface area contributed by atoms with Crippen LogP contribution >= 0.6 is 0 Å². The fraction of sp³-hybridized carbons (Fsp3) is 0.571. The third-order valence-electron chi connectivity index (χ3n) is 4.23. The summed E-state index contributed by atoms with van der Waals surface area (Å²) in [4.78, 5) is 0.0530. The van der Waals surface area contributed by atoms with Crippen molar-refractivity contribution in [2.75, 3.05) is 11.1 Å². The van der Waals surface area contributed by atoms with E-state index in [1.54, 1.807) is 12.1 Å². The van der Waals surface area contributed by atoms with Crippen LogP contribution in [0.5, 0.6) is 0 Å². The molecule has 1 aromatic rings. The molecule has 0 aromatic heterocycles. The molecule has 112 valence electrons. The highest BCUT2D eigenvalue weighted by molar-refractivity contribution is 7.89. The van der Waals surface area contributed by atoms with Crippen molar-refractivity contribution in [2.45, 2.75) is 44.0 Å². The van der Waals surface area contributed by atoms with Crippen molar-refractivity contribution >= 4 is 21.4 Å². The molecule has 2 rings (SSSR count). The Kier molecular flexibility index (Phi) is 4.25. The van der Waals surface area contributed by atoms with Crippen LogP contribution in [0.2, 0.25) is 0 Å². The van der Waals surface area contributed by atoms with Crippen molar-refractivity contribution in [3.8, 4) is 0 Å². The van der Waals surface area contributed by atoms with Crippen LogP contribution in [0.25, 0.3) is 0 Å². The summed E-state index contributed by atoms with van der Waals surface area (Å²) in [5, 5.41) is 8.54. The summed E-state index contributed by atoms with van der Waals surface area (Å²) >= 11 is 0.